The molecule has 3 atom stereocenters. The van der Waals surface area contributed by atoms with E-state index in [0.29, 0.717) is 18.2 Å². The van der Waals surface area contributed by atoms with Gasteiger partial charge in [-0.25, -0.2) is 0 Å². The maximum Gasteiger partial charge on any atom is 0.110 e. The van der Waals surface area contributed by atoms with Crippen LogP contribution in [0.2, 0.25) is 0 Å². The van der Waals surface area contributed by atoms with Gasteiger partial charge in [0.2, 0.25) is 0 Å². The van der Waals surface area contributed by atoms with Crippen LogP contribution in [0.25, 0.3) is 0 Å². The topological polar surface area (TPSA) is 12.5 Å². The predicted octanol–water partition coefficient (Wildman–Crippen LogP) is 3.37. The van der Waals surface area contributed by atoms with Crippen LogP contribution in [-0.4, -0.2) is 30.8 Å². The van der Waals surface area contributed by atoms with Crippen molar-refractivity contribution >= 4 is 0 Å². The molecule has 0 aliphatic carbocycles. The van der Waals surface area contributed by atoms with Gasteiger partial charge >= 0.3 is 0 Å². The summed E-state index contributed by atoms with van der Waals surface area (Å²) in [6, 6.07) is 0.707. The van der Waals surface area contributed by atoms with E-state index in [1.54, 1.807) is 0 Å². The van der Waals surface area contributed by atoms with Crippen molar-refractivity contribution in [3.63, 3.8) is 0 Å². The monoisotopic (exact) mass is 227 g/mol. The second-order valence-corrected chi connectivity index (χ2v) is 6.17. The van der Waals surface area contributed by atoms with Crippen LogP contribution in [0, 0.1) is 17.8 Å². The molecule has 2 nitrogen and oxygen atoms in total. The molecule has 2 heteroatoms. The Morgan fingerprint density at radius 1 is 1.25 bits per heavy atom. The van der Waals surface area contributed by atoms with E-state index >= 15 is 0 Å². The molecule has 0 radical (unpaired) electrons. The van der Waals surface area contributed by atoms with E-state index in [4.69, 9.17) is 4.74 Å². The van der Waals surface area contributed by atoms with E-state index < -0.39 is 0 Å². The van der Waals surface area contributed by atoms with Crippen LogP contribution >= 0.6 is 0 Å². The number of ether oxygens (including phenoxy) is 1. The average molecular weight is 227 g/mol. The van der Waals surface area contributed by atoms with Gasteiger partial charge in [-0.3, -0.25) is 4.90 Å². The van der Waals surface area contributed by atoms with Gasteiger partial charge in [-0.05, 0) is 30.6 Å². The molecular weight excluding hydrogens is 198 g/mol. The van der Waals surface area contributed by atoms with Crippen LogP contribution in [0.3, 0.4) is 0 Å². The molecule has 0 aromatic carbocycles. The number of methoxy groups -OCH3 is 1. The third kappa shape index (κ3) is 3.46. The summed E-state index contributed by atoms with van der Waals surface area (Å²) < 4.78 is 5.70. The van der Waals surface area contributed by atoms with Gasteiger partial charge in [0.1, 0.15) is 6.23 Å². The highest BCUT2D eigenvalue weighted by atomic mass is 16.5. The number of hydrogen-bond donors (Lipinski definition) is 0. The van der Waals surface area contributed by atoms with Crippen molar-refractivity contribution < 1.29 is 4.74 Å². The minimum Gasteiger partial charge on any atom is -0.366 e. The Hall–Kier alpha value is -0.0800. The van der Waals surface area contributed by atoms with E-state index in [1.807, 2.05) is 7.11 Å². The lowest BCUT2D eigenvalue weighted by Crippen LogP contribution is -2.43. The van der Waals surface area contributed by atoms with Crippen LogP contribution in [0.15, 0.2) is 0 Å². The first-order chi connectivity index (χ1) is 7.45. The van der Waals surface area contributed by atoms with Crippen LogP contribution in [0.4, 0.5) is 0 Å². The van der Waals surface area contributed by atoms with E-state index in [0.717, 1.165) is 18.3 Å². The first-order valence-electron chi connectivity index (χ1n) is 6.74. The molecule has 1 saturated heterocycles. The summed E-state index contributed by atoms with van der Waals surface area (Å²) in [4.78, 5) is 2.59. The highest BCUT2D eigenvalue weighted by Crippen LogP contribution is 2.31. The first kappa shape index (κ1) is 14.0. The largest absolute Gasteiger partial charge is 0.366 e. The Morgan fingerprint density at radius 2 is 1.88 bits per heavy atom. The number of nitrogens with zero attached hydrogens (tertiary/aromatic N) is 1. The Kier molecular flexibility index (Phi) is 5.26. The molecule has 2 unspecified atom stereocenters. The summed E-state index contributed by atoms with van der Waals surface area (Å²) in [7, 11) is 1.85. The summed E-state index contributed by atoms with van der Waals surface area (Å²) in [5.74, 6) is 2.25. The van der Waals surface area contributed by atoms with Gasteiger partial charge in [0.15, 0.2) is 0 Å². The van der Waals surface area contributed by atoms with Crippen LogP contribution in [0.1, 0.15) is 47.5 Å². The standard InChI is InChI=1S/C14H29NO/c1-10(2)7-14(16-6)15-9-12(5)8-13(15)11(3)4/h10-14H,7-9H2,1-6H3/t12?,13-,14?/m0/s1. The van der Waals surface area contributed by atoms with Gasteiger partial charge in [-0.2, -0.15) is 0 Å². The SMILES string of the molecule is COC(CC(C)C)N1CC(C)C[C@H]1C(C)C. The average Bonchev–Trinajstić information content (AvgIpc) is 2.56. The maximum atomic E-state index is 5.70. The third-order valence-electron chi connectivity index (χ3n) is 3.68. The normalized spacial score (nSPS) is 29.2. The fourth-order valence-electron chi connectivity index (χ4n) is 2.87. The Labute approximate surface area is 101 Å². The molecular formula is C14H29NO. The minimum atomic E-state index is 0.317. The summed E-state index contributed by atoms with van der Waals surface area (Å²) >= 11 is 0. The van der Waals surface area contributed by atoms with Crippen molar-refractivity contribution in [1.82, 2.24) is 4.90 Å². The molecule has 0 N–H and O–H groups in total. The predicted molar refractivity (Wildman–Crippen MR) is 69.4 cm³/mol. The van der Waals surface area contributed by atoms with E-state index in [1.165, 1.54) is 13.0 Å². The second kappa shape index (κ2) is 6.02. The number of rotatable bonds is 5. The van der Waals surface area contributed by atoms with Gasteiger partial charge in [0.25, 0.3) is 0 Å². The molecule has 96 valence electrons. The zero-order valence-electron chi connectivity index (χ0n) is 11.9. The van der Waals surface area contributed by atoms with Crippen LogP contribution in [-0.2, 0) is 4.74 Å². The molecule has 0 amide bonds. The highest BCUT2D eigenvalue weighted by molar-refractivity contribution is 4.87. The smallest absolute Gasteiger partial charge is 0.110 e. The van der Waals surface area contributed by atoms with E-state index in [9.17, 15) is 0 Å². The van der Waals surface area contributed by atoms with Crippen molar-refractivity contribution in [3.05, 3.63) is 0 Å². The number of hydrogen-bond acceptors (Lipinski definition) is 2. The highest BCUT2D eigenvalue weighted by Gasteiger charge is 2.36. The Bertz CT molecular complexity index is 203. The lowest BCUT2D eigenvalue weighted by atomic mass is 9.98. The van der Waals surface area contributed by atoms with E-state index in [2.05, 4.69) is 39.5 Å². The molecule has 0 bridgehead atoms. The van der Waals surface area contributed by atoms with Crippen molar-refractivity contribution in [2.45, 2.75) is 59.7 Å². The minimum absolute atomic E-state index is 0.317. The van der Waals surface area contributed by atoms with Crippen molar-refractivity contribution in [2.24, 2.45) is 17.8 Å². The molecule has 0 saturated carbocycles. The summed E-state index contributed by atoms with van der Waals surface area (Å²) in [6.45, 7) is 12.8. The molecule has 1 aliphatic heterocycles. The fraction of sp³-hybridized carbons (Fsp3) is 1.00. The summed E-state index contributed by atoms with van der Waals surface area (Å²) in [6.07, 6.45) is 2.79. The molecule has 1 heterocycles. The van der Waals surface area contributed by atoms with Crippen LogP contribution in [0.5, 0.6) is 0 Å². The molecule has 16 heavy (non-hydrogen) atoms. The van der Waals surface area contributed by atoms with Gasteiger partial charge < -0.3 is 4.74 Å². The van der Waals surface area contributed by atoms with Crippen molar-refractivity contribution in [3.8, 4) is 0 Å². The first-order valence-corrected chi connectivity index (χ1v) is 6.74. The second-order valence-electron chi connectivity index (χ2n) is 6.17. The number of likely N-dealkylation sites (tertiary alicyclic amines) is 1. The van der Waals surface area contributed by atoms with Crippen molar-refractivity contribution in [2.75, 3.05) is 13.7 Å². The molecule has 0 spiro atoms. The summed E-state index contributed by atoms with van der Waals surface area (Å²) in [5.41, 5.74) is 0. The van der Waals surface area contributed by atoms with Gasteiger partial charge in [-0.1, -0.05) is 34.6 Å². The molecule has 1 fully saturated rings. The van der Waals surface area contributed by atoms with Gasteiger partial charge in [0, 0.05) is 19.7 Å². The van der Waals surface area contributed by atoms with E-state index in [-0.39, 0.29) is 0 Å². The zero-order valence-corrected chi connectivity index (χ0v) is 11.9. The van der Waals surface area contributed by atoms with Gasteiger partial charge in [0.05, 0.1) is 0 Å². The van der Waals surface area contributed by atoms with Crippen molar-refractivity contribution in [1.29, 1.82) is 0 Å². The molecule has 1 rings (SSSR count). The Balaban J connectivity index is 2.66. The Morgan fingerprint density at radius 3 is 2.31 bits per heavy atom. The maximum absolute atomic E-state index is 5.70. The zero-order chi connectivity index (χ0) is 12.3. The molecule has 1 aliphatic rings. The quantitative estimate of drug-likeness (QED) is 0.714. The molecule has 0 aromatic rings. The molecule has 0 aromatic heterocycles. The fourth-order valence-corrected chi connectivity index (χ4v) is 2.87. The third-order valence-corrected chi connectivity index (χ3v) is 3.68. The summed E-state index contributed by atoms with van der Waals surface area (Å²) in [5, 5.41) is 0. The lowest BCUT2D eigenvalue weighted by Gasteiger charge is -2.35. The van der Waals surface area contributed by atoms with Gasteiger partial charge in [-0.15, -0.1) is 0 Å². The van der Waals surface area contributed by atoms with Crippen LogP contribution < -0.4 is 0 Å². The lowest BCUT2D eigenvalue weighted by molar-refractivity contribution is -0.0597.